The molecule has 1 aliphatic carbocycles. The van der Waals surface area contributed by atoms with Crippen LogP contribution in [0.3, 0.4) is 0 Å². The van der Waals surface area contributed by atoms with Gasteiger partial charge >= 0.3 is 12.1 Å². The molecule has 1 amide bonds. The summed E-state index contributed by atoms with van der Waals surface area (Å²) in [6, 6.07) is 6.31. The fraction of sp³-hybridized carbons (Fsp3) is 0.556. The smallest absolute Gasteiger partial charge is 0.407 e. The molecule has 1 N–H and O–H groups in total. The number of ether oxygens (including phenoxy) is 1. The highest BCUT2D eigenvalue weighted by molar-refractivity contribution is 5.73. The van der Waals surface area contributed by atoms with Gasteiger partial charge < -0.3 is 14.7 Å². The number of carboxylic acid groups (broad SMARTS) is 1. The molecule has 1 aromatic carbocycles. The summed E-state index contributed by atoms with van der Waals surface area (Å²) in [5.41, 5.74) is 3.42. The molecule has 0 saturated heterocycles. The van der Waals surface area contributed by atoms with Crippen molar-refractivity contribution in [3.63, 3.8) is 0 Å². The maximum atomic E-state index is 12.0. The van der Waals surface area contributed by atoms with E-state index in [-0.39, 0.29) is 17.8 Å². The first-order valence-corrected chi connectivity index (χ1v) is 8.18. The number of carbonyl (C=O) groups is 2. The Balaban J connectivity index is 1.88. The Kier molecular flexibility index (Phi) is 4.28. The van der Waals surface area contributed by atoms with Crippen LogP contribution in [-0.4, -0.2) is 35.7 Å². The molecule has 0 radical (unpaired) electrons. The maximum Gasteiger partial charge on any atom is 0.407 e. The van der Waals surface area contributed by atoms with Gasteiger partial charge in [0.2, 0.25) is 0 Å². The van der Waals surface area contributed by atoms with Gasteiger partial charge in [0.1, 0.15) is 0 Å². The van der Waals surface area contributed by atoms with Crippen molar-refractivity contribution in [2.45, 2.75) is 38.6 Å². The van der Waals surface area contributed by atoms with Gasteiger partial charge in [0.25, 0.3) is 0 Å². The molecule has 1 aliphatic heterocycles. The summed E-state index contributed by atoms with van der Waals surface area (Å²) in [6.07, 6.45) is 2.17. The van der Waals surface area contributed by atoms with Crippen molar-refractivity contribution in [1.82, 2.24) is 4.90 Å². The Morgan fingerprint density at radius 2 is 2.04 bits per heavy atom. The van der Waals surface area contributed by atoms with Gasteiger partial charge in [-0.3, -0.25) is 4.79 Å². The predicted molar refractivity (Wildman–Crippen MR) is 85.2 cm³/mol. The number of rotatable bonds is 4. The van der Waals surface area contributed by atoms with Crippen LogP contribution in [0.25, 0.3) is 0 Å². The first kappa shape index (κ1) is 15.8. The van der Waals surface area contributed by atoms with Crippen LogP contribution in [0.15, 0.2) is 18.2 Å². The molecule has 1 fully saturated rings. The van der Waals surface area contributed by atoms with Gasteiger partial charge in [0, 0.05) is 13.1 Å². The minimum Gasteiger partial charge on any atom is -0.469 e. The van der Waals surface area contributed by atoms with Gasteiger partial charge in [-0.1, -0.05) is 25.1 Å². The number of esters is 1. The molecule has 1 aromatic rings. The summed E-state index contributed by atoms with van der Waals surface area (Å²) in [5.74, 6) is 0.339. The normalized spacial score (nSPS) is 19.7. The molecular formula is C18H23NO4. The lowest BCUT2D eigenvalue weighted by molar-refractivity contribution is -0.145. The third kappa shape index (κ3) is 3.19. The van der Waals surface area contributed by atoms with Crippen LogP contribution < -0.4 is 0 Å². The summed E-state index contributed by atoms with van der Waals surface area (Å²) < 4.78 is 4.93. The van der Waals surface area contributed by atoms with E-state index in [9.17, 15) is 14.7 Å². The van der Waals surface area contributed by atoms with Gasteiger partial charge in [0.05, 0.1) is 13.0 Å². The Bertz CT molecular complexity index is 623. The lowest BCUT2D eigenvalue weighted by Gasteiger charge is -2.29. The minimum atomic E-state index is -0.872. The standard InChI is InChI=1S/C18H23NO4/c1-11(17(20)23-2)16(13-4-5-13)14-6-3-12-7-8-19(18(21)22)10-15(12)9-14/h3,6,9,11,13,16H,4-5,7-8,10H2,1-2H3,(H,21,22)/t11-,16-/m0/s1. The number of nitrogens with zero attached hydrogens (tertiary/aromatic N) is 1. The number of carbonyl (C=O) groups excluding carboxylic acids is 1. The zero-order chi connectivity index (χ0) is 16.6. The van der Waals surface area contributed by atoms with Gasteiger partial charge in [0.15, 0.2) is 0 Å². The van der Waals surface area contributed by atoms with Gasteiger partial charge in [-0.2, -0.15) is 0 Å². The molecule has 23 heavy (non-hydrogen) atoms. The van der Waals surface area contributed by atoms with Crippen molar-refractivity contribution in [2.75, 3.05) is 13.7 Å². The van der Waals surface area contributed by atoms with Gasteiger partial charge in [-0.25, -0.2) is 4.79 Å². The maximum absolute atomic E-state index is 12.0. The Morgan fingerprint density at radius 1 is 1.30 bits per heavy atom. The first-order chi connectivity index (χ1) is 11.0. The van der Waals surface area contributed by atoms with E-state index in [2.05, 4.69) is 18.2 Å². The van der Waals surface area contributed by atoms with Crippen LogP contribution in [0.1, 0.15) is 42.4 Å². The van der Waals surface area contributed by atoms with E-state index in [1.165, 1.54) is 17.6 Å². The van der Waals surface area contributed by atoms with Crippen molar-refractivity contribution in [1.29, 1.82) is 0 Å². The summed E-state index contributed by atoms with van der Waals surface area (Å²) >= 11 is 0. The summed E-state index contributed by atoms with van der Waals surface area (Å²) in [4.78, 5) is 24.6. The van der Waals surface area contributed by atoms with Crippen LogP contribution in [-0.2, 0) is 22.5 Å². The molecule has 5 nitrogen and oxygen atoms in total. The van der Waals surface area contributed by atoms with E-state index in [4.69, 9.17) is 4.74 Å². The van der Waals surface area contributed by atoms with Crippen molar-refractivity contribution in [2.24, 2.45) is 11.8 Å². The molecule has 1 saturated carbocycles. The molecule has 3 rings (SSSR count). The topological polar surface area (TPSA) is 66.8 Å². The number of benzene rings is 1. The number of methoxy groups -OCH3 is 1. The van der Waals surface area contributed by atoms with E-state index in [1.54, 1.807) is 0 Å². The molecule has 2 aliphatic rings. The highest BCUT2D eigenvalue weighted by atomic mass is 16.5. The Labute approximate surface area is 136 Å². The molecule has 0 spiro atoms. The van der Waals surface area contributed by atoms with Crippen LogP contribution in [0.5, 0.6) is 0 Å². The average molecular weight is 317 g/mol. The molecule has 0 bridgehead atoms. The van der Waals surface area contributed by atoms with Crippen LogP contribution >= 0.6 is 0 Å². The fourth-order valence-corrected chi connectivity index (χ4v) is 3.70. The number of fused-ring (bicyclic) bond motifs is 1. The summed E-state index contributed by atoms with van der Waals surface area (Å²) in [5, 5.41) is 9.20. The third-order valence-electron chi connectivity index (χ3n) is 5.14. The third-order valence-corrected chi connectivity index (χ3v) is 5.14. The monoisotopic (exact) mass is 317 g/mol. The number of hydrogen-bond donors (Lipinski definition) is 1. The van der Waals surface area contributed by atoms with E-state index >= 15 is 0 Å². The molecular weight excluding hydrogens is 294 g/mol. The average Bonchev–Trinajstić information content (AvgIpc) is 3.38. The van der Waals surface area contributed by atoms with E-state index < -0.39 is 6.09 Å². The van der Waals surface area contributed by atoms with E-state index in [0.29, 0.717) is 19.0 Å². The molecule has 5 heteroatoms. The molecule has 0 aromatic heterocycles. The molecule has 124 valence electrons. The lowest BCUT2D eigenvalue weighted by atomic mass is 9.81. The molecule has 1 heterocycles. The first-order valence-electron chi connectivity index (χ1n) is 8.18. The zero-order valence-electron chi connectivity index (χ0n) is 13.6. The van der Waals surface area contributed by atoms with E-state index in [0.717, 1.165) is 30.4 Å². The van der Waals surface area contributed by atoms with Crippen LogP contribution in [0.4, 0.5) is 4.79 Å². The van der Waals surface area contributed by atoms with Crippen molar-refractivity contribution in [3.8, 4) is 0 Å². The number of amides is 1. The summed E-state index contributed by atoms with van der Waals surface area (Å²) in [7, 11) is 1.43. The zero-order valence-corrected chi connectivity index (χ0v) is 13.6. The van der Waals surface area contributed by atoms with E-state index in [1.807, 2.05) is 6.92 Å². The van der Waals surface area contributed by atoms with Crippen molar-refractivity contribution >= 4 is 12.1 Å². The van der Waals surface area contributed by atoms with Gasteiger partial charge in [-0.15, -0.1) is 0 Å². The van der Waals surface area contributed by atoms with Crippen molar-refractivity contribution < 1.29 is 19.4 Å². The number of hydrogen-bond acceptors (Lipinski definition) is 3. The molecule has 0 unspecified atom stereocenters. The second-order valence-electron chi connectivity index (χ2n) is 6.66. The second-order valence-corrected chi connectivity index (χ2v) is 6.66. The minimum absolute atomic E-state index is 0.160. The Morgan fingerprint density at radius 3 is 2.65 bits per heavy atom. The highest BCUT2D eigenvalue weighted by Crippen LogP contribution is 2.47. The largest absolute Gasteiger partial charge is 0.469 e. The Hall–Kier alpha value is -2.04. The fourth-order valence-electron chi connectivity index (χ4n) is 3.70. The quantitative estimate of drug-likeness (QED) is 0.867. The highest BCUT2D eigenvalue weighted by Gasteiger charge is 2.39. The second kappa shape index (κ2) is 6.22. The van der Waals surface area contributed by atoms with Crippen LogP contribution in [0.2, 0.25) is 0 Å². The molecule has 2 atom stereocenters. The van der Waals surface area contributed by atoms with Gasteiger partial charge in [-0.05, 0) is 47.8 Å². The SMILES string of the molecule is COC(=O)[C@@H](C)[C@H](c1ccc2c(c1)CN(C(=O)O)CC2)C1CC1. The van der Waals surface area contributed by atoms with Crippen LogP contribution in [0, 0.1) is 11.8 Å². The summed E-state index contributed by atoms with van der Waals surface area (Å²) in [6.45, 7) is 2.91. The van der Waals surface area contributed by atoms with Crippen molar-refractivity contribution in [3.05, 3.63) is 34.9 Å². The predicted octanol–water partition coefficient (Wildman–Crippen LogP) is 3.03. The lowest BCUT2D eigenvalue weighted by Crippen LogP contribution is -2.35.